The molecule has 0 unspecified atom stereocenters. The second-order valence-electron chi connectivity index (χ2n) is 2.94. The Hall–Kier alpha value is -0.950. The van der Waals surface area contributed by atoms with E-state index < -0.39 is 0 Å². The molecule has 0 saturated heterocycles. The molecule has 0 aromatic heterocycles. The number of allylic oxidation sites excluding steroid dienone is 1. The van der Waals surface area contributed by atoms with Crippen LogP contribution in [0.3, 0.4) is 0 Å². The second kappa shape index (κ2) is 4.93. The number of rotatable bonds is 3. The molecule has 0 spiro atoms. The predicted octanol–water partition coefficient (Wildman–Crippen LogP) is 3.34. The summed E-state index contributed by atoms with van der Waals surface area (Å²) in [6.45, 7) is 1.95. The third kappa shape index (κ3) is 3.11. The van der Waals surface area contributed by atoms with Crippen LogP contribution in [0.25, 0.3) is 6.08 Å². The SMILES string of the molecule is Cc1ccc(C=CCCCl)c(O)c1. The highest BCUT2D eigenvalue weighted by Gasteiger charge is 1.95. The molecule has 0 aliphatic carbocycles. The minimum absolute atomic E-state index is 0.325. The maximum absolute atomic E-state index is 9.51. The minimum atomic E-state index is 0.325. The molecule has 0 radical (unpaired) electrons. The van der Waals surface area contributed by atoms with Gasteiger partial charge >= 0.3 is 0 Å². The van der Waals surface area contributed by atoms with Crippen LogP contribution in [0, 0.1) is 6.92 Å². The fourth-order valence-corrected chi connectivity index (χ4v) is 1.19. The van der Waals surface area contributed by atoms with E-state index in [1.165, 1.54) is 0 Å². The van der Waals surface area contributed by atoms with E-state index in [9.17, 15) is 5.11 Å². The van der Waals surface area contributed by atoms with E-state index in [2.05, 4.69) is 0 Å². The molecule has 0 amide bonds. The quantitative estimate of drug-likeness (QED) is 0.736. The van der Waals surface area contributed by atoms with E-state index >= 15 is 0 Å². The Kier molecular flexibility index (Phi) is 3.84. The van der Waals surface area contributed by atoms with Gasteiger partial charge in [0.15, 0.2) is 0 Å². The Morgan fingerprint density at radius 2 is 2.23 bits per heavy atom. The first-order valence-corrected chi connectivity index (χ1v) is 4.79. The summed E-state index contributed by atoms with van der Waals surface area (Å²) in [6, 6.07) is 5.62. The van der Waals surface area contributed by atoms with Crippen molar-refractivity contribution in [1.29, 1.82) is 0 Å². The molecule has 1 nitrogen and oxygen atoms in total. The number of alkyl halides is 1. The normalized spacial score (nSPS) is 10.9. The summed E-state index contributed by atoms with van der Waals surface area (Å²) >= 11 is 5.52. The smallest absolute Gasteiger partial charge is 0.123 e. The second-order valence-corrected chi connectivity index (χ2v) is 3.32. The third-order valence-corrected chi connectivity index (χ3v) is 1.98. The minimum Gasteiger partial charge on any atom is -0.507 e. The number of benzene rings is 1. The number of phenols is 1. The molecule has 0 aliphatic heterocycles. The maximum Gasteiger partial charge on any atom is 0.123 e. The lowest BCUT2D eigenvalue weighted by atomic mass is 10.1. The van der Waals surface area contributed by atoms with Crippen LogP contribution < -0.4 is 0 Å². The van der Waals surface area contributed by atoms with Gasteiger partial charge in [0, 0.05) is 11.4 Å². The topological polar surface area (TPSA) is 20.2 Å². The maximum atomic E-state index is 9.51. The van der Waals surface area contributed by atoms with Crippen LogP contribution in [0.5, 0.6) is 5.75 Å². The van der Waals surface area contributed by atoms with E-state index in [4.69, 9.17) is 11.6 Å². The molecule has 1 aromatic rings. The van der Waals surface area contributed by atoms with Crippen molar-refractivity contribution in [3.63, 3.8) is 0 Å². The largest absolute Gasteiger partial charge is 0.507 e. The van der Waals surface area contributed by atoms with Gasteiger partial charge in [-0.15, -0.1) is 11.6 Å². The van der Waals surface area contributed by atoms with Gasteiger partial charge in [0.25, 0.3) is 0 Å². The van der Waals surface area contributed by atoms with Crippen molar-refractivity contribution in [3.05, 3.63) is 35.4 Å². The van der Waals surface area contributed by atoms with Gasteiger partial charge in [-0.25, -0.2) is 0 Å². The molecule has 70 valence electrons. The van der Waals surface area contributed by atoms with Crippen LogP contribution in [0.4, 0.5) is 0 Å². The average Bonchev–Trinajstić information content (AvgIpc) is 2.09. The van der Waals surface area contributed by atoms with Gasteiger partial charge < -0.3 is 5.11 Å². The first-order valence-electron chi connectivity index (χ1n) is 4.26. The average molecular weight is 197 g/mol. The van der Waals surface area contributed by atoms with Crippen LogP contribution in [-0.4, -0.2) is 11.0 Å². The van der Waals surface area contributed by atoms with Crippen molar-refractivity contribution in [2.75, 3.05) is 5.88 Å². The molecule has 0 heterocycles. The van der Waals surface area contributed by atoms with Crippen LogP contribution in [-0.2, 0) is 0 Å². The Morgan fingerprint density at radius 3 is 2.85 bits per heavy atom. The van der Waals surface area contributed by atoms with Crippen molar-refractivity contribution in [3.8, 4) is 5.75 Å². The van der Waals surface area contributed by atoms with Gasteiger partial charge in [-0.2, -0.15) is 0 Å². The number of phenolic OH excluding ortho intramolecular Hbond substituents is 1. The molecule has 2 heteroatoms. The van der Waals surface area contributed by atoms with E-state index in [-0.39, 0.29) is 0 Å². The van der Waals surface area contributed by atoms with Crippen LogP contribution >= 0.6 is 11.6 Å². The molecule has 0 aliphatic rings. The van der Waals surface area contributed by atoms with Gasteiger partial charge in [0.1, 0.15) is 5.75 Å². The van der Waals surface area contributed by atoms with Gasteiger partial charge in [0.2, 0.25) is 0 Å². The van der Waals surface area contributed by atoms with Crippen molar-refractivity contribution in [2.45, 2.75) is 13.3 Å². The highest BCUT2D eigenvalue weighted by molar-refractivity contribution is 6.17. The Morgan fingerprint density at radius 1 is 1.46 bits per heavy atom. The molecule has 0 bridgehead atoms. The van der Waals surface area contributed by atoms with E-state index in [0.717, 1.165) is 17.5 Å². The molecular weight excluding hydrogens is 184 g/mol. The monoisotopic (exact) mass is 196 g/mol. The fraction of sp³-hybridized carbons (Fsp3) is 0.273. The number of aromatic hydroxyl groups is 1. The number of hydrogen-bond acceptors (Lipinski definition) is 1. The molecule has 0 atom stereocenters. The molecular formula is C11H13ClO. The zero-order chi connectivity index (χ0) is 9.68. The Labute approximate surface area is 83.7 Å². The fourth-order valence-electron chi connectivity index (χ4n) is 1.07. The molecule has 0 saturated carbocycles. The molecule has 1 aromatic carbocycles. The van der Waals surface area contributed by atoms with Crippen molar-refractivity contribution < 1.29 is 5.11 Å². The standard InChI is InChI=1S/C11H13ClO/c1-9-5-6-10(11(13)8-9)4-2-3-7-12/h2,4-6,8,13H,3,7H2,1H3. The first-order chi connectivity index (χ1) is 6.24. The van der Waals surface area contributed by atoms with Crippen LogP contribution in [0.1, 0.15) is 17.5 Å². The Balaban J connectivity index is 2.77. The molecule has 0 fully saturated rings. The lowest BCUT2D eigenvalue weighted by molar-refractivity contribution is 0.473. The van der Waals surface area contributed by atoms with E-state index in [1.807, 2.05) is 31.2 Å². The van der Waals surface area contributed by atoms with Gasteiger partial charge in [-0.05, 0) is 25.0 Å². The highest BCUT2D eigenvalue weighted by atomic mass is 35.5. The Bertz CT molecular complexity index is 305. The summed E-state index contributed by atoms with van der Waals surface area (Å²) in [6.07, 6.45) is 4.67. The van der Waals surface area contributed by atoms with Gasteiger partial charge in [-0.1, -0.05) is 24.3 Å². The zero-order valence-corrected chi connectivity index (χ0v) is 8.38. The van der Waals surface area contributed by atoms with Crippen molar-refractivity contribution >= 4 is 17.7 Å². The van der Waals surface area contributed by atoms with Crippen LogP contribution in [0.15, 0.2) is 24.3 Å². The molecule has 13 heavy (non-hydrogen) atoms. The zero-order valence-electron chi connectivity index (χ0n) is 7.63. The first kappa shape index (κ1) is 10.1. The number of halogens is 1. The highest BCUT2D eigenvalue weighted by Crippen LogP contribution is 2.19. The summed E-state index contributed by atoms with van der Waals surface area (Å²) in [5.74, 6) is 0.939. The molecule has 1 rings (SSSR count). The summed E-state index contributed by atoms with van der Waals surface area (Å²) in [5.41, 5.74) is 1.91. The lowest BCUT2D eigenvalue weighted by Gasteiger charge is -1.99. The lowest BCUT2D eigenvalue weighted by Crippen LogP contribution is -1.77. The van der Waals surface area contributed by atoms with Crippen molar-refractivity contribution in [1.82, 2.24) is 0 Å². The number of hydrogen-bond donors (Lipinski definition) is 1. The van der Waals surface area contributed by atoms with Crippen molar-refractivity contribution in [2.24, 2.45) is 0 Å². The van der Waals surface area contributed by atoms with Gasteiger partial charge in [0.05, 0.1) is 0 Å². The van der Waals surface area contributed by atoms with E-state index in [1.54, 1.807) is 6.07 Å². The van der Waals surface area contributed by atoms with Gasteiger partial charge in [-0.3, -0.25) is 0 Å². The predicted molar refractivity (Wildman–Crippen MR) is 57.2 cm³/mol. The summed E-state index contributed by atoms with van der Waals surface area (Å²) < 4.78 is 0. The third-order valence-electron chi connectivity index (χ3n) is 1.76. The van der Waals surface area contributed by atoms with E-state index in [0.29, 0.717) is 11.6 Å². The molecule has 1 N–H and O–H groups in total. The number of aryl methyl sites for hydroxylation is 1. The van der Waals surface area contributed by atoms with Crippen LogP contribution in [0.2, 0.25) is 0 Å². The summed E-state index contributed by atoms with van der Waals surface area (Å²) in [4.78, 5) is 0. The summed E-state index contributed by atoms with van der Waals surface area (Å²) in [5, 5.41) is 9.51. The summed E-state index contributed by atoms with van der Waals surface area (Å²) in [7, 11) is 0.